The molecule has 4 rings (SSSR count). The van der Waals surface area contributed by atoms with Crippen molar-refractivity contribution in [3.8, 4) is 0 Å². The number of fused-ring (bicyclic) bond motifs is 1. The lowest BCUT2D eigenvalue weighted by Gasteiger charge is -2.18. The van der Waals surface area contributed by atoms with Crippen molar-refractivity contribution in [3.05, 3.63) is 29.5 Å². The summed E-state index contributed by atoms with van der Waals surface area (Å²) in [5.74, 6) is 0.688. The number of carbonyl (C=O) groups excluding carboxylic acids is 2. The van der Waals surface area contributed by atoms with Gasteiger partial charge in [0, 0.05) is 23.0 Å². The Kier molecular flexibility index (Phi) is 4.19. The van der Waals surface area contributed by atoms with Gasteiger partial charge in [-0.25, -0.2) is 14.8 Å². The average molecular weight is 374 g/mol. The summed E-state index contributed by atoms with van der Waals surface area (Å²) in [4.78, 5) is 34.1. The molecule has 1 aromatic carbocycles. The van der Waals surface area contributed by atoms with Crippen molar-refractivity contribution < 1.29 is 9.59 Å². The number of benzene rings is 1. The average Bonchev–Trinajstić information content (AvgIpc) is 3.34. The highest BCUT2D eigenvalue weighted by Crippen LogP contribution is 2.40. The van der Waals surface area contributed by atoms with Gasteiger partial charge < -0.3 is 10.6 Å². The summed E-state index contributed by atoms with van der Waals surface area (Å²) in [5, 5.41) is 7.73. The number of nitrogens with one attached hydrogen (secondary N) is 2. The monoisotopic (exact) mass is 373 g/mol. The smallest absolute Gasteiger partial charge is 0.325 e. The van der Waals surface area contributed by atoms with E-state index in [9.17, 15) is 9.59 Å². The largest absolute Gasteiger partial charge is 0.367 e. The molecule has 1 aromatic heterocycles. The quantitative estimate of drug-likeness (QED) is 0.760. The van der Waals surface area contributed by atoms with E-state index in [1.165, 1.54) is 11.2 Å². The van der Waals surface area contributed by atoms with Gasteiger partial charge in [-0.05, 0) is 50.8 Å². The molecule has 8 heteroatoms. The summed E-state index contributed by atoms with van der Waals surface area (Å²) in [6.07, 6.45) is 4.57. The number of imide groups is 1. The second-order valence-electron chi connectivity index (χ2n) is 7.04. The minimum Gasteiger partial charge on any atom is -0.367 e. The van der Waals surface area contributed by atoms with E-state index >= 15 is 0 Å². The van der Waals surface area contributed by atoms with Crippen LogP contribution in [0.3, 0.4) is 0 Å². The minimum absolute atomic E-state index is 0.0678. The van der Waals surface area contributed by atoms with Crippen LogP contribution in [0, 0.1) is 0 Å². The molecule has 1 unspecified atom stereocenters. The second kappa shape index (κ2) is 6.39. The standard InChI is InChI=1S/C18H20ClN5O2/c1-11(3-2-8-24-16(25)18(6-7-18)23-17(24)26)22-15-13-5-4-12(19)9-14(13)20-10-21-15/h4-5,9-11H,2-3,6-8H2,1H3,(H,23,26)(H,20,21,22). The van der Waals surface area contributed by atoms with Crippen LogP contribution in [-0.2, 0) is 4.79 Å². The Morgan fingerprint density at radius 3 is 2.88 bits per heavy atom. The first kappa shape index (κ1) is 17.0. The molecule has 1 spiro atoms. The molecule has 2 N–H and O–H groups in total. The maximum absolute atomic E-state index is 12.2. The van der Waals surface area contributed by atoms with Crippen LogP contribution in [0.2, 0.25) is 5.02 Å². The van der Waals surface area contributed by atoms with Crippen molar-refractivity contribution in [2.75, 3.05) is 11.9 Å². The van der Waals surface area contributed by atoms with Crippen LogP contribution < -0.4 is 10.6 Å². The highest BCUT2D eigenvalue weighted by Gasteiger charge is 2.59. The van der Waals surface area contributed by atoms with Crippen LogP contribution in [0.15, 0.2) is 24.5 Å². The molecule has 3 amide bonds. The third-order valence-corrected chi connectivity index (χ3v) is 5.23. The van der Waals surface area contributed by atoms with Crippen molar-refractivity contribution in [1.29, 1.82) is 0 Å². The maximum Gasteiger partial charge on any atom is 0.325 e. The number of carbonyl (C=O) groups is 2. The zero-order chi connectivity index (χ0) is 18.3. The number of hydrogen-bond acceptors (Lipinski definition) is 5. The van der Waals surface area contributed by atoms with Crippen molar-refractivity contribution >= 4 is 40.3 Å². The molecule has 0 bridgehead atoms. The number of urea groups is 1. The van der Waals surface area contributed by atoms with Gasteiger partial charge in [-0.3, -0.25) is 9.69 Å². The van der Waals surface area contributed by atoms with Crippen LogP contribution in [0.4, 0.5) is 10.6 Å². The SMILES string of the molecule is CC(CCCN1C(=O)NC2(CC2)C1=O)Nc1ncnc2cc(Cl)ccc12. The molecule has 0 radical (unpaired) electrons. The van der Waals surface area contributed by atoms with Crippen LogP contribution in [0.5, 0.6) is 0 Å². The number of aromatic nitrogens is 2. The van der Waals surface area contributed by atoms with Gasteiger partial charge in [0.15, 0.2) is 0 Å². The molecule has 2 aromatic rings. The summed E-state index contributed by atoms with van der Waals surface area (Å²) >= 11 is 6.01. The van der Waals surface area contributed by atoms with Crippen molar-refractivity contribution in [2.45, 2.75) is 44.2 Å². The molecule has 1 aliphatic carbocycles. The van der Waals surface area contributed by atoms with Crippen molar-refractivity contribution in [2.24, 2.45) is 0 Å². The number of hydrogen-bond donors (Lipinski definition) is 2. The number of anilines is 1. The Balaban J connectivity index is 1.34. The van der Waals surface area contributed by atoms with Gasteiger partial charge in [-0.1, -0.05) is 11.6 Å². The molecule has 1 atom stereocenters. The van der Waals surface area contributed by atoms with E-state index in [2.05, 4.69) is 27.5 Å². The third kappa shape index (κ3) is 3.07. The fourth-order valence-electron chi connectivity index (χ4n) is 3.35. The fourth-order valence-corrected chi connectivity index (χ4v) is 3.52. The van der Waals surface area contributed by atoms with E-state index in [0.717, 1.165) is 42.4 Å². The van der Waals surface area contributed by atoms with E-state index in [1.54, 1.807) is 6.07 Å². The highest BCUT2D eigenvalue weighted by molar-refractivity contribution is 6.31. The van der Waals surface area contributed by atoms with Gasteiger partial charge in [0.1, 0.15) is 17.7 Å². The van der Waals surface area contributed by atoms with Gasteiger partial charge in [0.2, 0.25) is 0 Å². The maximum atomic E-state index is 12.2. The Morgan fingerprint density at radius 2 is 2.15 bits per heavy atom. The molecule has 2 fully saturated rings. The lowest BCUT2D eigenvalue weighted by molar-refractivity contribution is -0.128. The molecule has 1 saturated heterocycles. The predicted octanol–water partition coefficient (Wildman–Crippen LogP) is 2.95. The molecule has 2 aliphatic rings. The first-order chi connectivity index (χ1) is 12.5. The first-order valence-electron chi connectivity index (χ1n) is 8.79. The van der Waals surface area contributed by atoms with E-state index in [4.69, 9.17) is 11.6 Å². The van der Waals surface area contributed by atoms with Gasteiger partial charge in [0.25, 0.3) is 5.91 Å². The van der Waals surface area contributed by atoms with Gasteiger partial charge in [-0.15, -0.1) is 0 Å². The normalized spacial score (nSPS) is 19.1. The zero-order valence-electron chi connectivity index (χ0n) is 14.5. The number of nitrogens with zero attached hydrogens (tertiary/aromatic N) is 3. The summed E-state index contributed by atoms with van der Waals surface area (Å²) in [6.45, 7) is 2.50. The van der Waals surface area contributed by atoms with Crippen LogP contribution in [-0.4, -0.2) is 44.9 Å². The second-order valence-corrected chi connectivity index (χ2v) is 7.48. The summed E-state index contributed by atoms with van der Waals surface area (Å²) in [5.41, 5.74) is 0.221. The lowest BCUT2D eigenvalue weighted by atomic mass is 10.1. The molecule has 2 heterocycles. The van der Waals surface area contributed by atoms with Crippen molar-refractivity contribution in [1.82, 2.24) is 20.2 Å². The Bertz CT molecular complexity index is 883. The molecular weight excluding hydrogens is 354 g/mol. The molecule has 136 valence electrons. The number of rotatable bonds is 6. The molecule has 26 heavy (non-hydrogen) atoms. The zero-order valence-corrected chi connectivity index (χ0v) is 15.2. The van der Waals surface area contributed by atoms with Crippen LogP contribution in [0.25, 0.3) is 10.9 Å². The minimum atomic E-state index is -0.567. The van der Waals surface area contributed by atoms with Crippen LogP contribution >= 0.6 is 11.6 Å². The van der Waals surface area contributed by atoms with Gasteiger partial charge >= 0.3 is 6.03 Å². The Labute approximate surface area is 156 Å². The molecule has 1 aliphatic heterocycles. The first-order valence-corrected chi connectivity index (χ1v) is 9.17. The van der Waals surface area contributed by atoms with Gasteiger partial charge in [-0.2, -0.15) is 0 Å². The lowest BCUT2D eigenvalue weighted by Crippen LogP contribution is -2.33. The Hall–Kier alpha value is -2.41. The topological polar surface area (TPSA) is 87.2 Å². The number of amides is 3. The third-order valence-electron chi connectivity index (χ3n) is 5.00. The summed E-state index contributed by atoms with van der Waals surface area (Å²) < 4.78 is 0. The van der Waals surface area contributed by atoms with E-state index in [0.29, 0.717) is 11.6 Å². The predicted molar refractivity (Wildman–Crippen MR) is 99.1 cm³/mol. The highest BCUT2D eigenvalue weighted by atomic mass is 35.5. The molecule has 1 saturated carbocycles. The Morgan fingerprint density at radius 1 is 1.35 bits per heavy atom. The summed E-state index contributed by atoms with van der Waals surface area (Å²) in [7, 11) is 0. The fraction of sp³-hybridized carbons (Fsp3) is 0.444. The van der Waals surface area contributed by atoms with E-state index in [-0.39, 0.29) is 18.0 Å². The molecular formula is C18H20ClN5O2. The molecule has 7 nitrogen and oxygen atoms in total. The van der Waals surface area contributed by atoms with Gasteiger partial charge in [0.05, 0.1) is 5.52 Å². The summed E-state index contributed by atoms with van der Waals surface area (Å²) in [6, 6.07) is 5.40. The van der Waals surface area contributed by atoms with E-state index < -0.39 is 5.54 Å². The van der Waals surface area contributed by atoms with Crippen molar-refractivity contribution in [3.63, 3.8) is 0 Å². The van der Waals surface area contributed by atoms with Crippen LogP contribution in [0.1, 0.15) is 32.6 Å². The number of halogens is 1. The van der Waals surface area contributed by atoms with E-state index in [1.807, 2.05) is 12.1 Å².